The molecular weight excluding hydrogens is 392 g/mol. The molecule has 0 radical (unpaired) electrons. The largest absolute Gasteiger partial charge is 0.491 e. The Bertz CT molecular complexity index is 1140. The Morgan fingerprint density at radius 3 is 2.68 bits per heavy atom. The highest BCUT2D eigenvalue weighted by Gasteiger charge is 2.51. The molecule has 2 heterocycles. The predicted molar refractivity (Wildman–Crippen MR) is 120 cm³/mol. The van der Waals surface area contributed by atoms with Crippen LogP contribution >= 0.6 is 0 Å². The Hall–Kier alpha value is -3.54. The number of ether oxygens (including phenoxy) is 3. The van der Waals surface area contributed by atoms with Gasteiger partial charge in [0.1, 0.15) is 11.6 Å². The van der Waals surface area contributed by atoms with Crippen molar-refractivity contribution in [2.75, 3.05) is 12.1 Å². The van der Waals surface area contributed by atoms with Crippen LogP contribution < -0.4 is 19.5 Å². The van der Waals surface area contributed by atoms with Gasteiger partial charge in [-0.1, -0.05) is 24.3 Å². The van der Waals surface area contributed by atoms with Crippen molar-refractivity contribution in [3.8, 4) is 28.5 Å². The van der Waals surface area contributed by atoms with E-state index in [0.717, 1.165) is 41.2 Å². The molecule has 160 valence electrons. The highest BCUT2D eigenvalue weighted by molar-refractivity contribution is 6.01. The smallest absolute Gasteiger partial charge is 0.236 e. The molecule has 1 aliphatic heterocycles. The van der Waals surface area contributed by atoms with Gasteiger partial charge in [0.05, 0.1) is 17.2 Å². The average molecular weight is 418 g/mol. The summed E-state index contributed by atoms with van der Waals surface area (Å²) in [5.41, 5.74) is 2.12. The Kier molecular flexibility index (Phi) is 4.77. The second-order valence-corrected chi connectivity index (χ2v) is 8.21. The fourth-order valence-corrected chi connectivity index (χ4v) is 3.87. The molecule has 6 nitrogen and oxygen atoms in total. The minimum atomic E-state index is -0.538. The second kappa shape index (κ2) is 7.61. The summed E-state index contributed by atoms with van der Waals surface area (Å²) < 4.78 is 16.7. The SMILES string of the molecule is CC(C)Oc1cccc(-c2cccc(NC(=O)C3(c4ccc5c(c4)OCO5)CC3)n2)c1.[HH]. The van der Waals surface area contributed by atoms with Crippen LogP contribution in [0, 0.1) is 0 Å². The van der Waals surface area contributed by atoms with Crippen molar-refractivity contribution >= 4 is 11.7 Å². The lowest BCUT2D eigenvalue weighted by molar-refractivity contribution is -0.118. The Morgan fingerprint density at radius 2 is 1.87 bits per heavy atom. The van der Waals surface area contributed by atoms with E-state index in [1.54, 1.807) is 0 Å². The van der Waals surface area contributed by atoms with E-state index in [2.05, 4.69) is 10.3 Å². The van der Waals surface area contributed by atoms with Gasteiger partial charge in [0.2, 0.25) is 12.7 Å². The zero-order valence-electron chi connectivity index (χ0n) is 17.6. The number of rotatable bonds is 6. The molecule has 0 atom stereocenters. The monoisotopic (exact) mass is 418 g/mol. The van der Waals surface area contributed by atoms with Crippen molar-refractivity contribution in [3.05, 3.63) is 66.2 Å². The number of amides is 1. The summed E-state index contributed by atoms with van der Waals surface area (Å²) in [7, 11) is 0. The molecule has 5 rings (SSSR count). The first-order chi connectivity index (χ1) is 15.0. The summed E-state index contributed by atoms with van der Waals surface area (Å²) in [6.45, 7) is 4.21. The normalized spacial score (nSPS) is 15.6. The number of aromatic nitrogens is 1. The lowest BCUT2D eigenvalue weighted by atomic mass is 9.94. The van der Waals surface area contributed by atoms with Crippen molar-refractivity contribution in [1.29, 1.82) is 0 Å². The molecule has 1 fully saturated rings. The Balaban J connectivity index is 0.00000245. The number of pyridine rings is 1. The van der Waals surface area contributed by atoms with Crippen LogP contribution in [0.25, 0.3) is 11.3 Å². The maximum Gasteiger partial charge on any atom is 0.236 e. The van der Waals surface area contributed by atoms with Gasteiger partial charge in [-0.2, -0.15) is 0 Å². The summed E-state index contributed by atoms with van der Waals surface area (Å²) in [5.74, 6) is 2.69. The number of nitrogens with one attached hydrogen (secondary N) is 1. The van der Waals surface area contributed by atoms with Crippen molar-refractivity contribution in [3.63, 3.8) is 0 Å². The molecule has 1 amide bonds. The number of hydrogen-bond donors (Lipinski definition) is 1. The first-order valence-electron chi connectivity index (χ1n) is 10.5. The molecule has 2 aliphatic rings. The van der Waals surface area contributed by atoms with E-state index in [-0.39, 0.29) is 20.2 Å². The third kappa shape index (κ3) is 3.81. The minimum Gasteiger partial charge on any atom is -0.491 e. The van der Waals surface area contributed by atoms with Crippen LogP contribution in [0.15, 0.2) is 60.7 Å². The molecule has 1 saturated carbocycles. The molecule has 2 aromatic carbocycles. The molecule has 0 unspecified atom stereocenters. The average Bonchev–Trinajstić information content (AvgIpc) is 3.45. The van der Waals surface area contributed by atoms with Gasteiger partial charge in [0.15, 0.2) is 11.5 Å². The van der Waals surface area contributed by atoms with Crippen molar-refractivity contribution in [1.82, 2.24) is 4.98 Å². The van der Waals surface area contributed by atoms with Gasteiger partial charge in [-0.25, -0.2) is 4.98 Å². The first-order valence-corrected chi connectivity index (χ1v) is 10.5. The number of nitrogens with zero attached hydrogens (tertiary/aromatic N) is 1. The zero-order valence-corrected chi connectivity index (χ0v) is 17.6. The highest BCUT2D eigenvalue weighted by Crippen LogP contribution is 2.51. The van der Waals surface area contributed by atoms with Crippen LogP contribution in [0.1, 0.15) is 33.7 Å². The Morgan fingerprint density at radius 1 is 1.06 bits per heavy atom. The van der Waals surface area contributed by atoms with Crippen LogP contribution in [-0.2, 0) is 10.2 Å². The van der Waals surface area contributed by atoms with E-state index in [0.29, 0.717) is 11.6 Å². The first kappa shape index (κ1) is 19.4. The van der Waals surface area contributed by atoms with Crippen molar-refractivity contribution in [2.45, 2.75) is 38.2 Å². The maximum absolute atomic E-state index is 13.2. The number of carbonyl (C=O) groups excluding carboxylic acids is 1. The number of fused-ring (bicyclic) bond motifs is 1. The van der Waals surface area contributed by atoms with Gasteiger partial charge in [-0.3, -0.25) is 4.79 Å². The van der Waals surface area contributed by atoms with Crippen LogP contribution in [0.3, 0.4) is 0 Å². The summed E-state index contributed by atoms with van der Waals surface area (Å²) in [5, 5.41) is 3.01. The third-order valence-electron chi connectivity index (χ3n) is 5.60. The zero-order chi connectivity index (χ0) is 21.4. The van der Waals surface area contributed by atoms with Crippen LogP contribution in [-0.4, -0.2) is 23.8 Å². The molecule has 6 heteroatoms. The number of anilines is 1. The highest BCUT2D eigenvalue weighted by atomic mass is 16.7. The fourth-order valence-electron chi connectivity index (χ4n) is 3.87. The molecule has 3 aromatic rings. The minimum absolute atomic E-state index is 0. The molecule has 1 aromatic heterocycles. The maximum atomic E-state index is 13.2. The van der Waals surface area contributed by atoms with Crippen LogP contribution in [0.2, 0.25) is 0 Å². The topological polar surface area (TPSA) is 69.7 Å². The predicted octanol–water partition coefficient (Wildman–Crippen LogP) is 5.18. The molecule has 1 aliphatic carbocycles. The molecule has 0 spiro atoms. The molecular formula is C25H26N2O4. The van der Waals surface area contributed by atoms with Gasteiger partial charge in [-0.05, 0) is 68.7 Å². The summed E-state index contributed by atoms with van der Waals surface area (Å²) in [6.07, 6.45) is 1.69. The van der Waals surface area contributed by atoms with E-state index < -0.39 is 5.41 Å². The summed E-state index contributed by atoms with van der Waals surface area (Å²) >= 11 is 0. The third-order valence-corrected chi connectivity index (χ3v) is 5.60. The van der Waals surface area contributed by atoms with Gasteiger partial charge in [0.25, 0.3) is 0 Å². The lowest BCUT2D eigenvalue weighted by Crippen LogP contribution is -2.28. The lowest BCUT2D eigenvalue weighted by Gasteiger charge is -2.16. The fraction of sp³-hybridized carbons (Fsp3) is 0.280. The summed E-state index contributed by atoms with van der Waals surface area (Å²) in [4.78, 5) is 17.8. The second-order valence-electron chi connectivity index (χ2n) is 8.21. The van der Waals surface area contributed by atoms with E-state index in [1.165, 1.54) is 0 Å². The quantitative estimate of drug-likeness (QED) is 0.597. The summed E-state index contributed by atoms with van der Waals surface area (Å²) in [6, 6.07) is 19.2. The van der Waals surface area contributed by atoms with Crippen LogP contribution in [0.5, 0.6) is 17.2 Å². The number of hydrogen-bond acceptors (Lipinski definition) is 5. The van der Waals surface area contributed by atoms with Crippen LogP contribution in [0.4, 0.5) is 5.82 Å². The van der Waals surface area contributed by atoms with Gasteiger partial charge < -0.3 is 19.5 Å². The number of benzene rings is 2. The standard InChI is InChI=1S/C25H24N2O4.H2/c1-16(2)31-19-6-3-5-17(13-19)20-7-4-8-23(26-20)27-24(28)25(11-12-25)18-9-10-21-22(14-18)30-15-29-21;/h3-10,13-14,16H,11-12,15H2,1-2H3,(H,26,27,28);1H. The molecule has 1 N–H and O–H groups in total. The molecule has 0 saturated heterocycles. The molecule has 31 heavy (non-hydrogen) atoms. The van der Waals surface area contributed by atoms with E-state index in [4.69, 9.17) is 14.2 Å². The van der Waals surface area contributed by atoms with Gasteiger partial charge in [0, 0.05) is 6.99 Å². The molecule has 0 bridgehead atoms. The van der Waals surface area contributed by atoms with Crippen molar-refractivity contribution in [2.24, 2.45) is 0 Å². The Labute approximate surface area is 182 Å². The van der Waals surface area contributed by atoms with Gasteiger partial charge in [-0.15, -0.1) is 0 Å². The van der Waals surface area contributed by atoms with E-state index in [9.17, 15) is 4.79 Å². The van der Waals surface area contributed by atoms with E-state index >= 15 is 0 Å². The van der Waals surface area contributed by atoms with Gasteiger partial charge >= 0.3 is 0 Å². The van der Waals surface area contributed by atoms with Crippen molar-refractivity contribution < 1.29 is 20.4 Å². The number of carbonyl (C=O) groups is 1. The van der Waals surface area contributed by atoms with E-state index in [1.807, 2.05) is 74.5 Å².